The first-order valence-electron chi connectivity index (χ1n) is 9.07. The first-order chi connectivity index (χ1) is 13.9. The van der Waals surface area contributed by atoms with Gasteiger partial charge in [0.25, 0.3) is 5.89 Å². The fourth-order valence-electron chi connectivity index (χ4n) is 3.16. The van der Waals surface area contributed by atoms with Crippen LogP contribution in [-0.2, 0) is 26.2 Å². The Balaban J connectivity index is 1.43. The van der Waals surface area contributed by atoms with Gasteiger partial charge in [-0.3, -0.25) is 4.79 Å². The van der Waals surface area contributed by atoms with Gasteiger partial charge in [0.05, 0.1) is 9.77 Å². The number of nitrogens with zero attached hydrogens (tertiary/aromatic N) is 3. The van der Waals surface area contributed by atoms with Gasteiger partial charge in [0.15, 0.2) is 6.61 Å². The average molecular weight is 434 g/mol. The molecule has 0 aliphatic carbocycles. The SMILES string of the molecule is Cc1ccc(S(=O)(=O)N2CCC[C@H]2C(=O)OCc2nc(-c3cccs3)no2)cc1. The van der Waals surface area contributed by atoms with Gasteiger partial charge in [-0.25, -0.2) is 8.42 Å². The molecule has 0 unspecified atom stereocenters. The molecule has 1 aliphatic heterocycles. The fraction of sp³-hybridized carbons (Fsp3) is 0.316. The van der Waals surface area contributed by atoms with E-state index in [1.165, 1.54) is 15.6 Å². The van der Waals surface area contributed by atoms with Gasteiger partial charge in [-0.05, 0) is 43.3 Å². The largest absolute Gasteiger partial charge is 0.454 e. The van der Waals surface area contributed by atoms with E-state index in [0.717, 1.165) is 10.4 Å². The fourth-order valence-corrected chi connectivity index (χ4v) is 5.45. The van der Waals surface area contributed by atoms with Crippen LogP contribution < -0.4 is 0 Å². The summed E-state index contributed by atoms with van der Waals surface area (Å²) in [5.74, 6) is -0.0303. The van der Waals surface area contributed by atoms with Gasteiger partial charge in [-0.15, -0.1) is 11.3 Å². The molecule has 1 saturated heterocycles. The van der Waals surface area contributed by atoms with Gasteiger partial charge in [0.2, 0.25) is 15.8 Å². The van der Waals surface area contributed by atoms with Crippen molar-refractivity contribution in [3.63, 3.8) is 0 Å². The number of esters is 1. The molecule has 0 saturated carbocycles. The molecule has 152 valence electrons. The number of sulfonamides is 1. The van der Waals surface area contributed by atoms with Gasteiger partial charge in [-0.2, -0.15) is 9.29 Å². The van der Waals surface area contributed by atoms with Crippen LogP contribution in [0.4, 0.5) is 0 Å². The molecular formula is C19H19N3O5S2. The molecule has 29 heavy (non-hydrogen) atoms. The molecule has 3 heterocycles. The van der Waals surface area contributed by atoms with E-state index in [4.69, 9.17) is 9.26 Å². The first-order valence-corrected chi connectivity index (χ1v) is 11.4. The van der Waals surface area contributed by atoms with E-state index in [2.05, 4.69) is 10.1 Å². The van der Waals surface area contributed by atoms with Crippen LogP contribution in [0.2, 0.25) is 0 Å². The molecule has 8 nitrogen and oxygen atoms in total. The molecule has 0 bridgehead atoms. The van der Waals surface area contributed by atoms with Crippen molar-refractivity contribution in [3.05, 3.63) is 53.2 Å². The Morgan fingerprint density at radius 3 is 2.83 bits per heavy atom. The second-order valence-electron chi connectivity index (χ2n) is 6.68. The summed E-state index contributed by atoms with van der Waals surface area (Å²) in [6.07, 6.45) is 1.00. The molecule has 0 N–H and O–H groups in total. The molecule has 1 aliphatic rings. The average Bonchev–Trinajstić information content (AvgIpc) is 3.47. The van der Waals surface area contributed by atoms with E-state index in [1.54, 1.807) is 24.3 Å². The summed E-state index contributed by atoms with van der Waals surface area (Å²) < 4.78 is 37.5. The van der Waals surface area contributed by atoms with E-state index in [9.17, 15) is 13.2 Å². The zero-order valence-electron chi connectivity index (χ0n) is 15.6. The highest BCUT2D eigenvalue weighted by Crippen LogP contribution is 2.27. The molecule has 1 fully saturated rings. The van der Waals surface area contributed by atoms with Gasteiger partial charge >= 0.3 is 5.97 Å². The number of thiophene rings is 1. The van der Waals surface area contributed by atoms with Gasteiger partial charge in [0, 0.05) is 6.54 Å². The lowest BCUT2D eigenvalue weighted by molar-refractivity contribution is -0.149. The summed E-state index contributed by atoms with van der Waals surface area (Å²) in [5.41, 5.74) is 0.961. The van der Waals surface area contributed by atoms with Crippen LogP contribution in [0.3, 0.4) is 0 Å². The summed E-state index contributed by atoms with van der Waals surface area (Å²) in [6, 6.07) is 9.44. The molecule has 4 rings (SSSR count). The van der Waals surface area contributed by atoms with Crippen molar-refractivity contribution in [3.8, 4) is 10.7 Å². The minimum absolute atomic E-state index is 0.160. The van der Waals surface area contributed by atoms with Gasteiger partial charge < -0.3 is 9.26 Å². The molecule has 2 aromatic heterocycles. The van der Waals surface area contributed by atoms with E-state index < -0.39 is 22.0 Å². The monoisotopic (exact) mass is 433 g/mol. The van der Waals surface area contributed by atoms with Crippen LogP contribution in [0, 0.1) is 6.92 Å². The third-order valence-corrected chi connectivity index (χ3v) is 7.44. The number of aryl methyl sites for hydroxylation is 1. The number of benzene rings is 1. The van der Waals surface area contributed by atoms with E-state index in [1.807, 2.05) is 24.4 Å². The van der Waals surface area contributed by atoms with Crippen LogP contribution in [0.15, 0.2) is 51.2 Å². The number of rotatable bonds is 6. The minimum Gasteiger partial charge on any atom is -0.454 e. The Hall–Kier alpha value is -2.56. The molecule has 3 aromatic rings. The summed E-state index contributed by atoms with van der Waals surface area (Å²) in [6.45, 7) is 1.96. The minimum atomic E-state index is -3.78. The lowest BCUT2D eigenvalue weighted by atomic mass is 10.2. The number of hydrogen-bond donors (Lipinski definition) is 0. The Morgan fingerprint density at radius 1 is 1.31 bits per heavy atom. The van der Waals surface area contributed by atoms with Gasteiger partial charge in [-0.1, -0.05) is 28.9 Å². The van der Waals surface area contributed by atoms with E-state index in [-0.39, 0.29) is 23.9 Å². The molecule has 0 spiro atoms. The Bertz CT molecular complexity index is 1090. The Labute approximate surface area is 172 Å². The van der Waals surface area contributed by atoms with Crippen LogP contribution in [0.5, 0.6) is 0 Å². The van der Waals surface area contributed by atoms with Crippen molar-refractivity contribution in [1.29, 1.82) is 0 Å². The number of carbonyl (C=O) groups excluding carboxylic acids is 1. The van der Waals surface area contributed by atoms with E-state index in [0.29, 0.717) is 18.7 Å². The van der Waals surface area contributed by atoms with Crippen molar-refractivity contribution in [2.75, 3.05) is 6.54 Å². The topological polar surface area (TPSA) is 103 Å². The molecule has 1 aromatic carbocycles. The second-order valence-corrected chi connectivity index (χ2v) is 9.52. The molecule has 0 amide bonds. The molecular weight excluding hydrogens is 414 g/mol. The standard InChI is InChI=1S/C19H19N3O5S2/c1-13-6-8-14(9-7-13)29(24,25)22-10-2-4-15(22)19(23)26-12-17-20-18(21-27-17)16-5-3-11-28-16/h3,5-9,11,15H,2,4,10,12H2,1H3/t15-/m0/s1. The van der Waals surface area contributed by atoms with Crippen LogP contribution in [0.1, 0.15) is 24.3 Å². The normalized spacial score (nSPS) is 17.5. The predicted molar refractivity (Wildman–Crippen MR) is 105 cm³/mol. The Morgan fingerprint density at radius 2 is 2.10 bits per heavy atom. The highest BCUT2D eigenvalue weighted by atomic mass is 32.2. The molecule has 0 radical (unpaired) electrons. The van der Waals surface area contributed by atoms with Crippen molar-refractivity contribution < 1.29 is 22.5 Å². The Kier molecular flexibility index (Phi) is 5.48. The maximum Gasteiger partial charge on any atom is 0.324 e. The van der Waals surface area contributed by atoms with Crippen LogP contribution in [0.25, 0.3) is 10.7 Å². The summed E-state index contributed by atoms with van der Waals surface area (Å²) in [4.78, 5) is 17.8. The smallest absolute Gasteiger partial charge is 0.324 e. The summed E-state index contributed by atoms with van der Waals surface area (Å²) in [5, 5.41) is 5.76. The highest BCUT2D eigenvalue weighted by molar-refractivity contribution is 7.89. The van der Waals surface area contributed by atoms with Crippen molar-refractivity contribution in [1.82, 2.24) is 14.4 Å². The first kappa shape index (κ1) is 19.7. The van der Waals surface area contributed by atoms with Crippen molar-refractivity contribution in [2.24, 2.45) is 0 Å². The number of carbonyl (C=O) groups is 1. The third kappa shape index (κ3) is 4.09. The highest BCUT2D eigenvalue weighted by Gasteiger charge is 2.40. The van der Waals surface area contributed by atoms with Crippen molar-refractivity contribution in [2.45, 2.75) is 37.3 Å². The lowest BCUT2D eigenvalue weighted by Crippen LogP contribution is -2.41. The summed E-state index contributed by atoms with van der Waals surface area (Å²) >= 11 is 1.47. The zero-order valence-corrected chi connectivity index (χ0v) is 17.3. The lowest BCUT2D eigenvalue weighted by Gasteiger charge is -2.22. The third-order valence-electron chi connectivity index (χ3n) is 4.65. The molecule has 10 heteroatoms. The summed E-state index contributed by atoms with van der Waals surface area (Å²) in [7, 11) is -3.78. The number of ether oxygens (including phenoxy) is 1. The predicted octanol–water partition coefficient (Wildman–Crippen LogP) is 3.00. The maximum absolute atomic E-state index is 12.9. The maximum atomic E-state index is 12.9. The van der Waals surface area contributed by atoms with Crippen molar-refractivity contribution >= 4 is 27.3 Å². The van der Waals surface area contributed by atoms with Crippen LogP contribution >= 0.6 is 11.3 Å². The molecule has 1 atom stereocenters. The quantitative estimate of drug-likeness (QED) is 0.551. The number of hydrogen-bond acceptors (Lipinski definition) is 8. The van der Waals surface area contributed by atoms with Crippen LogP contribution in [-0.4, -0.2) is 41.4 Å². The van der Waals surface area contributed by atoms with Gasteiger partial charge in [0.1, 0.15) is 6.04 Å². The number of aromatic nitrogens is 2. The second kappa shape index (κ2) is 8.05. The van der Waals surface area contributed by atoms with E-state index >= 15 is 0 Å². The zero-order chi connectivity index (χ0) is 20.4.